The van der Waals surface area contributed by atoms with Gasteiger partial charge in [-0.1, -0.05) is 32.4 Å². The third kappa shape index (κ3) is 3.84. The first-order valence-corrected chi connectivity index (χ1v) is 6.38. The SMILES string of the molecule is CC(C)CCC[C@@](C)(O)c1ccc(C=O)cc1O. The highest BCUT2D eigenvalue weighted by Crippen LogP contribution is 2.33. The molecule has 0 amide bonds. The Kier molecular flexibility index (Phi) is 4.91. The van der Waals surface area contributed by atoms with E-state index in [1.165, 1.54) is 6.07 Å². The van der Waals surface area contributed by atoms with Gasteiger partial charge in [0.05, 0.1) is 5.60 Å². The number of benzene rings is 1. The van der Waals surface area contributed by atoms with Crippen molar-refractivity contribution >= 4 is 6.29 Å². The lowest BCUT2D eigenvalue weighted by atomic mass is 9.88. The molecule has 1 aromatic rings. The van der Waals surface area contributed by atoms with E-state index in [0.717, 1.165) is 12.8 Å². The van der Waals surface area contributed by atoms with E-state index in [9.17, 15) is 15.0 Å². The third-order valence-corrected chi connectivity index (χ3v) is 3.18. The summed E-state index contributed by atoms with van der Waals surface area (Å²) in [5.74, 6) is 0.584. The number of hydrogen-bond donors (Lipinski definition) is 2. The van der Waals surface area contributed by atoms with Crippen LogP contribution in [-0.2, 0) is 5.60 Å². The molecule has 0 saturated carbocycles. The van der Waals surface area contributed by atoms with Crippen molar-refractivity contribution in [2.45, 2.75) is 45.6 Å². The predicted molar refractivity (Wildman–Crippen MR) is 71.8 cm³/mol. The van der Waals surface area contributed by atoms with Crippen molar-refractivity contribution in [3.8, 4) is 5.75 Å². The fourth-order valence-corrected chi connectivity index (χ4v) is 2.07. The van der Waals surface area contributed by atoms with Crippen molar-refractivity contribution in [1.29, 1.82) is 0 Å². The van der Waals surface area contributed by atoms with Crippen molar-refractivity contribution in [3.05, 3.63) is 29.3 Å². The van der Waals surface area contributed by atoms with Crippen molar-refractivity contribution in [2.75, 3.05) is 0 Å². The second-order valence-corrected chi connectivity index (χ2v) is 5.45. The molecule has 0 aromatic heterocycles. The monoisotopic (exact) mass is 250 g/mol. The summed E-state index contributed by atoms with van der Waals surface area (Å²) in [5, 5.41) is 20.2. The standard InChI is InChI=1S/C15H22O3/c1-11(2)5-4-8-15(3,18)13-7-6-12(10-16)9-14(13)17/h6-7,9-11,17-18H,4-5,8H2,1-3H3/t15-/m1/s1. The fourth-order valence-electron chi connectivity index (χ4n) is 2.07. The Bertz CT molecular complexity index is 408. The van der Waals surface area contributed by atoms with E-state index in [1.54, 1.807) is 19.1 Å². The van der Waals surface area contributed by atoms with Gasteiger partial charge >= 0.3 is 0 Å². The van der Waals surface area contributed by atoms with Crippen LogP contribution in [-0.4, -0.2) is 16.5 Å². The second-order valence-electron chi connectivity index (χ2n) is 5.45. The molecule has 3 heteroatoms. The first-order valence-electron chi connectivity index (χ1n) is 6.38. The molecule has 0 aliphatic heterocycles. The average molecular weight is 250 g/mol. The summed E-state index contributed by atoms with van der Waals surface area (Å²) in [5.41, 5.74) is -0.161. The van der Waals surface area contributed by atoms with Gasteiger partial charge in [-0.15, -0.1) is 0 Å². The summed E-state index contributed by atoms with van der Waals surface area (Å²) in [7, 11) is 0. The highest BCUT2D eigenvalue weighted by Gasteiger charge is 2.25. The number of hydrogen-bond acceptors (Lipinski definition) is 3. The molecule has 0 aliphatic carbocycles. The number of phenols is 1. The molecular weight excluding hydrogens is 228 g/mol. The number of aliphatic hydroxyl groups is 1. The van der Waals surface area contributed by atoms with E-state index in [1.807, 2.05) is 0 Å². The molecule has 0 aliphatic rings. The zero-order chi connectivity index (χ0) is 13.8. The quantitative estimate of drug-likeness (QED) is 0.762. The molecule has 1 rings (SSSR count). The molecule has 0 spiro atoms. The lowest BCUT2D eigenvalue weighted by Crippen LogP contribution is -2.21. The van der Waals surface area contributed by atoms with E-state index in [-0.39, 0.29) is 5.75 Å². The molecule has 18 heavy (non-hydrogen) atoms. The van der Waals surface area contributed by atoms with E-state index in [0.29, 0.717) is 29.8 Å². The van der Waals surface area contributed by atoms with Crippen molar-refractivity contribution in [2.24, 2.45) is 5.92 Å². The minimum atomic E-state index is -1.06. The molecule has 3 nitrogen and oxygen atoms in total. The van der Waals surface area contributed by atoms with Gasteiger partial charge in [-0.25, -0.2) is 0 Å². The number of aromatic hydroxyl groups is 1. The van der Waals surface area contributed by atoms with Crippen LogP contribution in [0.4, 0.5) is 0 Å². The van der Waals surface area contributed by atoms with Crippen LogP contribution in [0.3, 0.4) is 0 Å². The van der Waals surface area contributed by atoms with Gasteiger partial charge in [-0.05, 0) is 31.7 Å². The van der Waals surface area contributed by atoms with Gasteiger partial charge in [0.15, 0.2) is 0 Å². The summed E-state index contributed by atoms with van der Waals surface area (Å²) < 4.78 is 0. The summed E-state index contributed by atoms with van der Waals surface area (Å²) in [6.07, 6.45) is 3.22. The number of rotatable bonds is 6. The Morgan fingerprint density at radius 1 is 1.39 bits per heavy atom. The molecule has 1 atom stereocenters. The van der Waals surface area contributed by atoms with Gasteiger partial charge < -0.3 is 10.2 Å². The highest BCUT2D eigenvalue weighted by molar-refractivity contribution is 5.75. The van der Waals surface area contributed by atoms with Crippen LogP contribution in [0, 0.1) is 5.92 Å². The minimum absolute atomic E-state index is 0.0193. The molecule has 0 saturated heterocycles. The average Bonchev–Trinajstić information content (AvgIpc) is 2.27. The van der Waals surface area contributed by atoms with Gasteiger partial charge in [0.25, 0.3) is 0 Å². The summed E-state index contributed by atoms with van der Waals surface area (Å²) in [4.78, 5) is 10.6. The summed E-state index contributed by atoms with van der Waals surface area (Å²) >= 11 is 0. The maximum atomic E-state index is 10.6. The molecule has 0 fully saturated rings. The Balaban J connectivity index is 2.80. The van der Waals surface area contributed by atoms with Crippen LogP contribution in [0.5, 0.6) is 5.75 Å². The third-order valence-electron chi connectivity index (χ3n) is 3.18. The van der Waals surface area contributed by atoms with Gasteiger partial charge in [0.2, 0.25) is 0 Å². The van der Waals surface area contributed by atoms with Crippen LogP contribution in [0.25, 0.3) is 0 Å². The maximum absolute atomic E-state index is 10.6. The normalized spacial score (nSPS) is 14.5. The Morgan fingerprint density at radius 2 is 2.06 bits per heavy atom. The van der Waals surface area contributed by atoms with Crippen LogP contribution in [0.15, 0.2) is 18.2 Å². The van der Waals surface area contributed by atoms with Gasteiger partial charge in [0.1, 0.15) is 12.0 Å². The highest BCUT2D eigenvalue weighted by atomic mass is 16.3. The van der Waals surface area contributed by atoms with Crippen molar-refractivity contribution in [1.82, 2.24) is 0 Å². The molecule has 0 unspecified atom stereocenters. The van der Waals surface area contributed by atoms with Crippen LogP contribution < -0.4 is 0 Å². The van der Waals surface area contributed by atoms with Gasteiger partial charge in [-0.2, -0.15) is 0 Å². The summed E-state index contributed by atoms with van der Waals surface area (Å²) in [6, 6.07) is 4.62. The maximum Gasteiger partial charge on any atom is 0.150 e. The Labute approximate surface area is 108 Å². The lowest BCUT2D eigenvalue weighted by Gasteiger charge is -2.25. The molecule has 1 aromatic carbocycles. The smallest absolute Gasteiger partial charge is 0.150 e. The minimum Gasteiger partial charge on any atom is -0.508 e. The van der Waals surface area contributed by atoms with E-state index >= 15 is 0 Å². The number of phenolic OH excluding ortho intramolecular Hbond substituents is 1. The zero-order valence-electron chi connectivity index (χ0n) is 11.3. The molecule has 2 N–H and O–H groups in total. The first kappa shape index (κ1) is 14.7. The molecule has 0 radical (unpaired) electrons. The second kappa shape index (κ2) is 6.01. The number of carbonyl (C=O) groups excluding carboxylic acids is 1. The van der Waals surface area contributed by atoms with Crippen LogP contribution >= 0.6 is 0 Å². The Morgan fingerprint density at radius 3 is 2.56 bits per heavy atom. The Hall–Kier alpha value is -1.35. The molecule has 0 bridgehead atoms. The van der Waals surface area contributed by atoms with E-state index in [2.05, 4.69) is 13.8 Å². The predicted octanol–water partition coefficient (Wildman–Crippen LogP) is 3.24. The first-order chi connectivity index (χ1) is 8.36. The van der Waals surface area contributed by atoms with Crippen molar-refractivity contribution in [3.63, 3.8) is 0 Å². The largest absolute Gasteiger partial charge is 0.508 e. The van der Waals surface area contributed by atoms with E-state index < -0.39 is 5.60 Å². The fraction of sp³-hybridized carbons (Fsp3) is 0.533. The lowest BCUT2D eigenvalue weighted by molar-refractivity contribution is 0.0417. The molecule has 100 valence electrons. The number of aldehydes is 1. The summed E-state index contributed by atoms with van der Waals surface area (Å²) in [6.45, 7) is 5.99. The van der Waals surface area contributed by atoms with Crippen molar-refractivity contribution < 1.29 is 15.0 Å². The molecular formula is C15H22O3. The van der Waals surface area contributed by atoms with Crippen LogP contribution in [0.1, 0.15) is 56.0 Å². The van der Waals surface area contributed by atoms with E-state index in [4.69, 9.17) is 0 Å². The zero-order valence-corrected chi connectivity index (χ0v) is 11.3. The van der Waals surface area contributed by atoms with Crippen LogP contribution in [0.2, 0.25) is 0 Å². The van der Waals surface area contributed by atoms with Gasteiger partial charge in [-0.3, -0.25) is 4.79 Å². The molecule has 0 heterocycles. The van der Waals surface area contributed by atoms with Gasteiger partial charge in [0, 0.05) is 11.1 Å². The number of carbonyl (C=O) groups is 1. The topological polar surface area (TPSA) is 57.5 Å².